The van der Waals surface area contributed by atoms with Crippen molar-refractivity contribution in [1.29, 1.82) is 0 Å². The van der Waals surface area contributed by atoms with Crippen molar-refractivity contribution in [2.45, 2.75) is 6.42 Å². The fourth-order valence-corrected chi connectivity index (χ4v) is 2.51. The maximum atomic E-state index is 11.2. The lowest BCUT2D eigenvalue weighted by atomic mass is 10.1. The first-order chi connectivity index (χ1) is 8.44. The van der Waals surface area contributed by atoms with E-state index in [9.17, 15) is 8.42 Å². The summed E-state index contributed by atoms with van der Waals surface area (Å²) in [4.78, 5) is 4.29. The number of nitrogens with zero attached hydrogens (tertiary/aromatic N) is 1. The van der Waals surface area contributed by atoms with E-state index >= 15 is 0 Å². The van der Waals surface area contributed by atoms with Crippen molar-refractivity contribution in [3.63, 3.8) is 0 Å². The first-order valence-corrected chi connectivity index (χ1v) is 7.74. The molecule has 7 heteroatoms. The van der Waals surface area contributed by atoms with Crippen molar-refractivity contribution < 1.29 is 8.42 Å². The summed E-state index contributed by atoms with van der Waals surface area (Å²) < 4.78 is 24.8. The van der Waals surface area contributed by atoms with E-state index in [1.807, 2.05) is 6.07 Å². The molecule has 0 saturated heterocycles. The van der Waals surface area contributed by atoms with Crippen LogP contribution in [0.25, 0.3) is 0 Å². The van der Waals surface area contributed by atoms with Crippen LogP contribution in [0.1, 0.15) is 5.56 Å². The van der Waals surface area contributed by atoms with E-state index in [2.05, 4.69) is 15.0 Å². The van der Waals surface area contributed by atoms with E-state index in [-0.39, 0.29) is 0 Å². The van der Waals surface area contributed by atoms with E-state index < -0.39 is 10.0 Å². The van der Waals surface area contributed by atoms with E-state index in [0.717, 1.165) is 30.7 Å². The smallest absolute Gasteiger partial charge is 0.229 e. The minimum Gasteiger partial charge on any atom is -0.372 e. The van der Waals surface area contributed by atoms with Gasteiger partial charge in [-0.2, -0.15) is 0 Å². The number of benzene rings is 1. The van der Waals surface area contributed by atoms with Crippen LogP contribution in [0.4, 0.5) is 5.69 Å². The number of rotatable bonds is 4. The number of amidine groups is 1. The molecule has 0 radical (unpaired) electrons. The maximum Gasteiger partial charge on any atom is 0.229 e. The lowest BCUT2D eigenvalue weighted by Gasteiger charge is -2.09. The summed E-state index contributed by atoms with van der Waals surface area (Å²) in [5, 5.41) is 3.55. The lowest BCUT2D eigenvalue weighted by Crippen LogP contribution is -2.20. The van der Waals surface area contributed by atoms with Crippen molar-refractivity contribution in [2.24, 2.45) is 4.99 Å². The van der Waals surface area contributed by atoms with Crippen molar-refractivity contribution in [2.75, 3.05) is 24.1 Å². The molecule has 18 heavy (non-hydrogen) atoms. The molecular weight excluding hydrogens is 274 g/mol. The molecule has 0 bridgehead atoms. The van der Waals surface area contributed by atoms with Gasteiger partial charge < -0.3 is 5.32 Å². The largest absolute Gasteiger partial charge is 0.372 e. The Labute approximate surface area is 111 Å². The molecule has 2 rings (SSSR count). The number of hydrogen-bond donors (Lipinski definition) is 2. The first-order valence-electron chi connectivity index (χ1n) is 5.47. The fraction of sp³-hybridized carbons (Fsp3) is 0.364. The third-order valence-corrected chi connectivity index (χ3v) is 3.36. The third-order valence-electron chi connectivity index (χ3n) is 2.44. The number of anilines is 1. The van der Waals surface area contributed by atoms with Crippen LogP contribution < -0.4 is 10.0 Å². The van der Waals surface area contributed by atoms with Gasteiger partial charge in [0, 0.05) is 13.0 Å². The molecule has 5 nitrogen and oxygen atoms in total. The molecule has 1 aliphatic rings. The second kappa shape index (κ2) is 5.16. The minimum atomic E-state index is -3.32. The summed E-state index contributed by atoms with van der Waals surface area (Å²) in [7, 11) is -3.32. The lowest BCUT2D eigenvalue weighted by molar-refractivity contribution is 0.607. The Morgan fingerprint density at radius 3 is 2.89 bits per heavy atom. The Balaban J connectivity index is 2.20. The predicted octanol–water partition coefficient (Wildman–Crippen LogP) is 1.26. The molecule has 0 aliphatic carbocycles. The average molecular weight is 288 g/mol. The number of halogens is 1. The van der Waals surface area contributed by atoms with Crippen LogP contribution in [-0.4, -0.2) is 33.6 Å². The molecule has 0 spiro atoms. The zero-order valence-electron chi connectivity index (χ0n) is 9.90. The molecule has 0 unspecified atom stereocenters. The van der Waals surface area contributed by atoms with Crippen LogP contribution in [0.2, 0.25) is 5.02 Å². The zero-order chi connectivity index (χ0) is 13.2. The summed E-state index contributed by atoms with van der Waals surface area (Å²) in [6.07, 6.45) is 1.74. The molecule has 0 saturated carbocycles. The minimum absolute atomic E-state index is 0.380. The Morgan fingerprint density at radius 2 is 2.28 bits per heavy atom. The van der Waals surface area contributed by atoms with Crippen LogP contribution in [0, 0.1) is 0 Å². The first kappa shape index (κ1) is 13.2. The highest BCUT2D eigenvalue weighted by Gasteiger charge is 2.10. The van der Waals surface area contributed by atoms with Gasteiger partial charge in [0.25, 0.3) is 0 Å². The number of hydrogen-bond acceptors (Lipinski definition) is 4. The van der Waals surface area contributed by atoms with Gasteiger partial charge in [0.2, 0.25) is 10.0 Å². The molecule has 2 N–H and O–H groups in total. The van der Waals surface area contributed by atoms with Crippen LogP contribution in [-0.2, 0) is 16.4 Å². The number of aliphatic imine (C=N–C) groups is 1. The Morgan fingerprint density at radius 1 is 1.50 bits per heavy atom. The highest BCUT2D eigenvalue weighted by molar-refractivity contribution is 7.92. The quantitative estimate of drug-likeness (QED) is 0.876. The predicted molar refractivity (Wildman–Crippen MR) is 73.9 cm³/mol. The van der Waals surface area contributed by atoms with Crippen molar-refractivity contribution in [1.82, 2.24) is 5.32 Å². The van der Waals surface area contributed by atoms with Crippen LogP contribution in [0.5, 0.6) is 0 Å². The van der Waals surface area contributed by atoms with Gasteiger partial charge in [0.1, 0.15) is 5.84 Å². The van der Waals surface area contributed by atoms with Gasteiger partial charge in [-0.1, -0.05) is 17.7 Å². The molecule has 0 aromatic heterocycles. The van der Waals surface area contributed by atoms with Gasteiger partial charge in [-0.25, -0.2) is 8.42 Å². The van der Waals surface area contributed by atoms with E-state index in [1.165, 1.54) is 0 Å². The molecular formula is C11H14ClN3O2S. The van der Waals surface area contributed by atoms with Crippen molar-refractivity contribution >= 4 is 33.1 Å². The maximum absolute atomic E-state index is 11.2. The fourth-order valence-electron chi connectivity index (χ4n) is 1.72. The monoisotopic (exact) mass is 287 g/mol. The normalized spacial score (nSPS) is 15.1. The zero-order valence-corrected chi connectivity index (χ0v) is 11.5. The molecule has 0 atom stereocenters. The van der Waals surface area contributed by atoms with Gasteiger partial charge in [-0.05, 0) is 17.7 Å². The molecule has 0 amide bonds. The Kier molecular flexibility index (Phi) is 3.77. The second-order valence-electron chi connectivity index (χ2n) is 4.12. The van der Waals surface area contributed by atoms with Crippen LogP contribution in [0.3, 0.4) is 0 Å². The SMILES string of the molecule is CS(=O)(=O)Nc1cc(CC2=NCCN2)ccc1Cl. The van der Waals surface area contributed by atoms with Gasteiger partial charge in [-0.3, -0.25) is 9.71 Å². The molecule has 1 aliphatic heterocycles. The summed E-state index contributed by atoms with van der Waals surface area (Å²) in [5.74, 6) is 0.919. The highest BCUT2D eigenvalue weighted by Crippen LogP contribution is 2.24. The summed E-state index contributed by atoms with van der Waals surface area (Å²) >= 11 is 5.95. The Hall–Kier alpha value is -1.27. The van der Waals surface area contributed by atoms with Gasteiger partial charge >= 0.3 is 0 Å². The summed E-state index contributed by atoms with van der Waals surface area (Å²) in [6, 6.07) is 5.27. The van der Waals surface area contributed by atoms with Gasteiger partial charge in [0.05, 0.1) is 23.5 Å². The van der Waals surface area contributed by atoms with Crippen LogP contribution in [0.15, 0.2) is 23.2 Å². The molecule has 98 valence electrons. The van der Waals surface area contributed by atoms with Crippen molar-refractivity contribution in [3.05, 3.63) is 28.8 Å². The average Bonchev–Trinajstić information content (AvgIpc) is 2.74. The Bertz CT molecular complexity index is 584. The van der Waals surface area contributed by atoms with Crippen molar-refractivity contribution in [3.8, 4) is 0 Å². The third kappa shape index (κ3) is 3.61. The topological polar surface area (TPSA) is 70.6 Å². The van der Waals surface area contributed by atoms with E-state index in [4.69, 9.17) is 11.6 Å². The van der Waals surface area contributed by atoms with Gasteiger partial charge in [-0.15, -0.1) is 0 Å². The second-order valence-corrected chi connectivity index (χ2v) is 6.28. The molecule has 0 fully saturated rings. The highest BCUT2D eigenvalue weighted by atomic mass is 35.5. The summed E-state index contributed by atoms with van der Waals surface area (Å²) in [5.41, 5.74) is 1.36. The van der Waals surface area contributed by atoms with Gasteiger partial charge in [0.15, 0.2) is 0 Å². The number of nitrogens with one attached hydrogen (secondary N) is 2. The molecule has 1 aromatic carbocycles. The van der Waals surface area contributed by atoms with E-state index in [1.54, 1.807) is 12.1 Å². The van der Waals surface area contributed by atoms with E-state index in [0.29, 0.717) is 17.1 Å². The number of sulfonamides is 1. The summed E-state index contributed by atoms with van der Waals surface area (Å²) in [6.45, 7) is 1.65. The van der Waals surface area contributed by atoms with Crippen LogP contribution >= 0.6 is 11.6 Å². The molecule has 1 heterocycles. The standard InChI is InChI=1S/C11H14ClN3O2S/c1-18(16,17)15-10-6-8(2-3-9(10)12)7-11-13-4-5-14-11/h2-3,6,15H,4-5,7H2,1H3,(H,13,14). The molecule has 1 aromatic rings.